The Balaban J connectivity index is 2.26. The van der Waals surface area contributed by atoms with Crippen molar-refractivity contribution < 1.29 is 14.3 Å². The van der Waals surface area contributed by atoms with E-state index in [9.17, 15) is 9.90 Å². The van der Waals surface area contributed by atoms with Gasteiger partial charge in [-0.3, -0.25) is 10.1 Å². The summed E-state index contributed by atoms with van der Waals surface area (Å²) in [6.45, 7) is 6.15. The van der Waals surface area contributed by atoms with Gasteiger partial charge < -0.3 is 10.8 Å². The van der Waals surface area contributed by atoms with Gasteiger partial charge in [-0.15, -0.1) is 0 Å². The molecule has 29 heavy (non-hydrogen) atoms. The van der Waals surface area contributed by atoms with Crippen molar-refractivity contribution in [2.75, 3.05) is 0 Å². The third kappa shape index (κ3) is 4.36. The van der Waals surface area contributed by atoms with E-state index in [1.807, 2.05) is 24.3 Å². The van der Waals surface area contributed by atoms with E-state index in [1.54, 1.807) is 12.1 Å². The zero-order valence-corrected chi connectivity index (χ0v) is 18.9. The Morgan fingerprint density at radius 3 is 2.55 bits per heavy atom. The van der Waals surface area contributed by atoms with Crippen LogP contribution in [0.15, 0.2) is 46.9 Å². The van der Waals surface area contributed by atoms with Crippen LogP contribution in [0.4, 0.5) is 4.39 Å². The summed E-state index contributed by atoms with van der Waals surface area (Å²) in [6, 6.07) is 10.3. The molecule has 0 amide bonds. The molecule has 1 saturated heterocycles. The minimum absolute atomic E-state index is 0.152. The van der Waals surface area contributed by atoms with Crippen LogP contribution >= 0.6 is 27.5 Å². The minimum atomic E-state index is -1.29. The molecule has 1 fully saturated rings. The molecule has 0 saturated carbocycles. The summed E-state index contributed by atoms with van der Waals surface area (Å²) in [7, 11) is 0. The van der Waals surface area contributed by atoms with Gasteiger partial charge in [0, 0.05) is 27.0 Å². The van der Waals surface area contributed by atoms with Crippen LogP contribution in [0.3, 0.4) is 0 Å². The van der Waals surface area contributed by atoms with Crippen LogP contribution in [0.2, 0.25) is 5.02 Å². The van der Waals surface area contributed by atoms with Gasteiger partial charge in [-0.2, -0.15) is 0 Å². The first-order valence-corrected chi connectivity index (χ1v) is 10.6. The lowest BCUT2D eigenvalue weighted by Gasteiger charge is -2.39. The molecule has 0 spiro atoms. The Morgan fingerprint density at radius 2 is 2.00 bits per heavy atom. The fourth-order valence-electron chi connectivity index (χ4n) is 4.36. The van der Waals surface area contributed by atoms with Gasteiger partial charge in [-0.1, -0.05) is 66.5 Å². The van der Waals surface area contributed by atoms with E-state index in [0.717, 1.165) is 10.0 Å². The number of benzene rings is 2. The van der Waals surface area contributed by atoms with Crippen LogP contribution < -0.4 is 11.1 Å². The number of halogens is 3. The van der Waals surface area contributed by atoms with Crippen molar-refractivity contribution >= 4 is 33.5 Å². The molecule has 4 atom stereocenters. The molecular formula is C22H25BrClFN2O2. The average molecular weight is 484 g/mol. The first-order valence-electron chi connectivity index (χ1n) is 9.42. The Hall–Kier alpha value is -1.47. The van der Waals surface area contributed by atoms with Gasteiger partial charge in [0.25, 0.3) is 0 Å². The molecule has 0 aliphatic carbocycles. The highest BCUT2D eigenvalue weighted by molar-refractivity contribution is 9.10. The average Bonchev–Trinajstić information content (AvgIpc) is 2.86. The Labute approximate surface area is 183 Å². The van der Waals surface area contributed by atoms with Gasteiger partial charge >= 0.3 is 5.97 Å². The molecule has 4 nitrogen and oxygen atoms in total. The SMILES string of the molecule is CC(C)(C)C[C@@H]1NC(C(=O)O)[C@H](c2cccc(Br)c2)[C@@]1(N)c1ccc(Cl)cc1F. The molecular weight excluding hydrogens is 459 g/mol. The number of nitrogens with one attached hydrogen (secondary N) is 1. The lowest BCUT2D eigenvalue weighted by atomic mass is 9.68. The standard InChI is InChI=1S/C22H25BrClFN2O2/c1-21(2,3)11-17-22(26,15-8-7-14(24)10-16(15)25)18(19(27-17)20(28)29)12-5-4-6-13(23)9-12/h4-10,17-19,27H,11,26H2,1-3H3,(H,28,29)/t17-,18-,19?,22+/m0/s1. The summed E-state index contributed by atoms with van der Waals surface area (Å²) < 4.78 is 15.9. The highest BCUT2D eigenvalue weighted by atomic mass is 79.9. The van der Waals surface area contributed by atoms with Crippen molar-refractivity contribution in [3.8, 4) is 0 Å². The van der Waals surface area contributed by atoms with Crippen molar-refractivity contribution in [2.24, 2.45) is 11.1 Å². The van der Waals surface area contributed by atoms with Gasteiger partial charge in [0.1, 0.15) is 11.9 Å². The lowest BCUT2D eigenvalue weighted by molar-refractivity contribution is -0.139. The summed E-state index contributed by atoms with van der Waals surface area (Å²) >= 11 is 9.42. The minimum Gasteiger partial charge on any atom is -0.480 e. The molecule has 1 unspecified atom stereocenters. The molecule has 156 valence electrons. The second kappa shape index (κ2) is 7.99. The normalized spacial score (nSPS) is 27.2. The number of carboxylic acid groups (broad SMARTS) is 1. The third-order valence-electron chi connectivity index (χ3n) is 5.49. The summed E-state index contributed by atoms with van der Waals surface area (Å²) in [4.78, 5) is 12.2. The lowest BCUT2D eigenvalue weighted by Crippen LogP contribution is -2.52. The van der Waals surface area contributed by atoms with Crippen molar-refractivity contribution in [3.05, 3.63) is 68.9 Å². The van der Waals surface area contributed by atoms with Crippen molar-refractivity contribution in [2.45, 2.75) is 50.7 Å². The number of carboxylic acids is 1. The maximum absolute atomic E-state index is 15.1. The van der Waals surface area contributed by atoms with Gasteiger partial charge in [0.2, 0.25) is 0 Å². The first-order chi connectivity index (χ1) is 13.4. The van der Waals surface area contributed by atoms with Crippen LogP contribution in [-0.2, 0) is 10.3 Å². The molecule has 0 bridgehead atoms. The van der Waals surface area contributed by atoms with E-state index < -0.39 is 35.3 Å². The second-order valence-electron chi connectivity index (χ2n) is 8.89. The molecule has 4 N–H and O–H groups in total. The fraction of sp³-hybridized carbons (Fsp3) is 0.409. The predicted molar refractivity (Wildman–Crippen MR) is 117 cm³/mol. The number of nitrogens with two attached hydrogens (primary N) is 1. The van der Waals surface area contributed by atoms with E-state index in [0.29, 0.717) is 6.42 Å². The molecule has 7 heteroatoms. The summed E-state index contributed by atoms with van der Waals surface area (Å²) in [5, 5.41) is 13.5. The van der Waals surface area contributed by atoms with E-state index >= 15 is 4.39 Å². The van der Waals surface area contributed by atoms with Crippen LogP contribution in [-0.4, -0.2) is 23.2 Å². The smallest absolute Gasteiger partial charge is 0.321 e. The van der Waals surface area contributed by atoms with Crippen LogP contribution in [0.5, 0.6) is 0 Å². The van der Waals surface area contributed by atoms with Crippen LogP contribution in [0.1, 0.15) is 44.2 Å². The van der Waals surface area contributed by atoms with Crippen molar-refractivity contribution in [1.29, 1.82) is 0 Å². The highest BCUT2D eigenvalue weighted by Gasteiger charge is 2.57. The van der Waals surface area contributed by atoms with Crippen LogP contribution in [0.25, 0.3) is 0 Å². The van der Waals surface area contributed by atoms with Crippen molar-refractivity contribution in [1.82, 2.24) is 5.32 Å². The molecule has 1 aliphatic rings. The Morgan fingerprint density at radius 1 is 1.31 bits per heavy atom. The van der Waals surface area contributed by atoms with E-state index in [2.05, 4.69) is 42.0 Å². The van der Waals surface area contributed by atoms with E-state index in [-0.39, 0.29) is 16.0 Å². The molecule has 2 aromatic rings. The van der Waals surface area contributed by atoms with Crippen molar-refractivity contribution in [3.63, 3.8) is 0 Å². The first kappa shape index (κ1) is 22.2. The maximum Gasteiger partial charge on any atom is 0.321 e. The summed E-state index contributed by atoms with van der Waals surface area (Å²) in [5.74, 6) is -2.23. The molecule has 0 aromatic heterocycles. The number of hydrogen-bond acceptors (Lipinski definition) is 3. The van der Waals surface area contributed by atoms with E-state index in [1.165, 1.54) is 6.07 Å². The Bertz CT molecular complexity index is 933. The largest absolute Gasteiger partial charge is 0.480 e. The monoisotopic (exact) mass is 482 g/mol. The highest BCUT2D eigenvalue weighted by Crippen LogP contribution is 2.49. The van der Waals surface area contributed by atoms with Gasteiger partial charge in [0.15, 0.2) is 0 Å². The predicted octanol–water partition coefficient (Wildman–Crippen LogP) is 5.04. The number of rotatable bonds is 4. The zero-order chi connectivity index (χ0) is 21.6. The van der Waals surface area contributed by atoms with Gasteiger partial charge in [-0.25, -0.2) is 4.39 Å². The Kier molecular flexibility index (Phi) is 6.12. The quantitative estimate of drug-likeness (QED) is 0.569. The van der Waals surface area contributed by atoms with Gasteiger partial charge in [0.05, 0.1) is 5.54 Å². The maximum atomic E-state index is 15.1. The third-order valence-corrected chi connectivity index (χ3v) is 6.22. The molecule has 3 rings (SSSR count). The zero-order valence-electron chi connectivity index (χ0n) is 16.5. The fourth-order valence-corrected chi connectivity index (χ4v) is 4.94. The number of hydrogen-bond donors (Lipinski definition) is 3. The second-order valence-corrected chi connectivity index (χ2v) is 10.2. The molecule has 1 heterocycles. The number of aliphatic carboxylic acids is 1. The van der Waals surface area contributed by atoms with Crippen LogP contribution in [0, 0.1) is 11.2 Å². The topological polar surface area (TPSA) is 75.3 Å². The van der Waals surface area contributed by atoms with Gasteiger partial charge in [-0.05, 0) is 41.7 Å². The summed E-state index contributed by atoms with van der Waals surface area (Å²) in [5.41, 5.74) is 6.57. The van der Waals surface area contributed by atoms with E-state index in [4.69, 9.17) is 17.3 Å². The summed E-state index contributed by atoms with van der Waals surface area (Å²) in [6.07, 6.45) is 0.569. The number of carbonyl (C=O) groups is 1. The molecule has 0 radical (unpaired) electrons. The molecule has 1 aliphatic heterocycles. The molecule has 2 aromatic carbocycles.